The van der Waals surface area contributed by atoms with Gasteiger partial charge >= 0.3 is 0 Å². The molecule has 0 aliphatic carbocycles. The number of nitrogens with one attached hydrogen (secondary N) is 1. The third-order valence-electron chi connectivity index (χ3n) is 2.03. The smallest absolute Gasteiger partial charge is 0.0868 e. The normalized spacial score (nSPS) is 16.5. The van der Waals surface area contributed by atoms with Crippen molar-refractivity contribution in [1.29, 1.82) is 0 Å². The van der Waals surface area contributed by atoms with E-state index in [2.05, 4.69) is 11.1 Å². The molecule has 1 aliphatic rings. The molecule has 0 aromatic carbocycles. The van der Waals surface area contributed by atoms with Crippen molar-refractivity contribution in [3.8, 4) is 0 Å². The van der Waals surface area contributed by atoms with Gasteiger partial charge in [0.1, 0.15) is 0 Å². The molecule has 11 heavy (non-hydrogen) atoms. The molecule has 3 N–H and O–H groups in total. The molecule has 3 heteroatoms. The zero-order valence-corrected chi connectivity index (χ0v) is 6.39. The van der Waals surface area contributed by atoms with Crippen LogP contribution < -0.4 is 5.73 Å². The van der Waals surface area contributed by atoms with Gasteiger partial charge in [-0.25, -0.2) is 0 Å². The second kappa shape index (κ2) is 2.68. The lowest BCUT2D eigenvalue weighted by molar-refractivity contribution is 0.108. The van der Waals surface area contributed by atoms with Crippen LogP contribution in [0.5, 0.6) is 0 Å². The molecule has 1 aromatic rings. The first-order chi connectivity index (χ1) is 5.40. The highest BCUT2D eigenvalue weighted by Gasteiger charge is 2.11. The number of hydrogen-bond acceptors (Lipinski definition) is 2. The van der Waals surface area contributed by atoms with E-state index in [1.807, 2.05) is 0 Å². The topological polar surface area (TPSA) is 51.0 Å². The molecular formula is C8H12N2O. The molecule has 1 aliphatic heterocycles. The van der Waals surface area contributed by atoms with Gasteiger partial charge in [-0.2, -0.15) is 0 Å². The summed E-state index contributed by atoms with van der Waals surface area (Å²) in [6.45, 7) is 2.15. The third-order valence-corrected chi connectivity index (χ3v) is 2.03. The minimum absolute atomic E-state index is 0.590. The van der Waals surface area contributed by atoms with Crippen molar-refractivity contribution >= 4 is 0 Å². The van der Waals surface area contributed by atoms with Crippen LogP contribution in [0, 0.1) is 0 Å². The van der Waals surface area contributed by atoms with E-state index in [4.69, 9.17) is 10.5 Å². The molecule has 0 fully saturated rings. The van der Waals surface area contributed by atoms with Gasteiger partial charge in [-0.3, -0.25) is 0 Å². The number of aromatic nitrogens is 1. The number of hydrogen-bond donors (Lipinski definition) is 2. The first-order valence-corrected chi connectivity index (χ1v) is 3.87. The number of ether oxygens (including phenoxy) is 1. The molecular weight excluding hydrogens is 140 g/mol. The standard InChI is InChI=1S/C8H12N2O/c9-4-7-3-6-1-2-11-5-8(6)10-7/h3,10H,1-2,4-5,9H2. The molecule has 2 rings (SSSR count). The van der Waals surface area contributed by atoms with Crippen LogP contribution in [0.4, 0.5) is 0 Å². The van der Waals surface area contributed by atoms with E-state index in [9.17, 15) is 0 Å². The highest BCUT2D eigenvalue weighted by molar-refractivity contribution is 5.26. The molecule has 0 unspecified atom stereocenters. The Labute approximate surface area is 65.5 Å². The number of rotatable bonds is 1. The van der Waals surface area contributed by atoms with E-state index in [-0.39, 0.29) is 0 Å². The largest absolute Gasteiger partial charge is 0.375 e. The van der Waals surface area contributed by atoms with Gasteiger partial charge in [-0.15, -0.1) is 0 Å². The van der Waals surface area contributed by atoms with Gasteiger partial charge in [0.05, 0.1) is 13.2 Å². The molecule has 0 amide bonds. The molecule has 3 nitrogen and oxygen atoms in total. The quantitative estimate of drug-likeness (QED) is 0.617. The molecule has 0 spiro atoms. The lowest BCUT2D eigenvalue weighted by Gasteiger charge is -2.10. The summed E-state index contributed by atoms with van der Waals surface area (Å²) in [6, 6.07) is 2.14. The summed E-state index contributed by atoms with van der Waals surface area (Å²) in [6.07, 6.45) is 1.02. The van der Waals surface area contributed by atoms with Crippen LogP contribution in [0.3, 0.4) is 0 Å². The van der Waals surface area contributed by atoms with Gasteiger partial charge in [0.2, 0.25) is 0 Å². The fourth-order valence-electron chi connectivity index (χ4n) is 1.43. The third kappa shape index (κ3) is 1.17. The Morgan fingerprint density at radius 2 is 2.55 bits per heavy atom. The Bertz CT molecular complexity index is 231. The molecule has 0 radical (unpaired) electrons. The van der Waals surface area contributed by atoms with Gasteiger partial charge in [0.15, 0.2) is 0 Å². The van der Waals surface area contributed by atoms with E-state index in [0.717, 1.165) is 25.3 Å². The summed E-state index contributed by atoms with van der Waals surface area (Å²) >= 11 is 0. The number of aromatic amines is 1. The summed E-state index contributed by atoms with van der Waals surface area (Å²) in [5.74, 6) is 0. The van der Waals surface area contributed by atoms with Crippen LogP contribution in [-0.2, 0) is 24.3 Å². The molecule has 60 valence electrons. The summed E-state index contributed by atoms with van der Waals surface area (Å²) in [5.41, 5.74) is 9.18. The second-order valence-electron chi connectivity index (χ2n) is 2.81. The van der Waals surface area contributed by atoms with E-state index in [1.165, 1.54) is 11.3 Å². The van der Waals surface area contributed by atoms with Crippen LogP contribution in [0.15, 0.2) is 6.07 Å². The summed E-state index contributed by atoms with van der Waals surface area (Å²) in [5, 5.41) is 0. The van der Waals surface area contributed by atoms with E-state index in [0.29, 0.717) is 6.54 Å². The van der Waals surface area contributed by atoms with Gasteiger partial charge in [-0.05, 0) is 18.1 Å². The predicted molar refractivity (Wildman–Crippen MR) is 42.0 cm³/mol. The maximum absolute atomic E-state index is 5.49. The van der Waals surface area contributed by atoms with E-state index < -0.39 is 0 Å². The Morgan fingerprint density at radius 3 is 3.27 bits per heavy atom. The minimum atomic E-state index is 0.590. The van der Waals surface area contributed by atoms with Crippen LogP contribution in [0.2, 0.25) is 0 Å². The Balaban J connectivity index is 2.32. The first-order valence-electron chi connectivity index (χ1n) is 3.87. The Morgan fingerprint density at radius 1 is 1.64 bits per heavy atom. The maximum Gasteiger partial charge on any atom is 0.0868 e. The highest BCUT2D eigenvalue weighted by atomic mass is 16.5. The van der Waals surface area contributed by atoms with Crippen molar-refractivity contribution in [2.45, 2.75) is 19.6 Å². The monoisotopic (exact) mass is 152 g/mol. The number of H-pyrrole nitrogens is 1. The van der Waals surface area contributed by atoms with Gasteiger partial charge < -0.3 is 15.5 Å². The zero-order valence-electron chi connectivity index (χ0n) is 6.39. The molecule has 1 aromatic heterocycles. The lowest BCUT2D eigenvalue weighted by atomic mass is 10.1. The van der Waals surface area contributed by atoms with Crippen molar-refractivity contribution in [2.24, 2.45) is 5.73 Å². The van der Waals surface area contributed by atoms with Crippen LogP contribution in [-0.4, -0.2) is 11.6 Å². The zero-order chi connectivity index (χ0) is 7.68. The maximum atomic E-state index is 5.49. The fourth-order valence-corrected chi connectivity index (χ4v) is 1.43. The minimum Gasteiger partial charge on any atom is -0.375 e. The summed E-state index contributed by atoms with van der Waals surface area (Å²) in [7, 11) is 0. The van der Waals surface area contributed by atoms with E-state index >= 15 is 0 Å². The number of fused-ring (bicyclic) bond motifs is 1. The van der Waals surface area contributed by atoms with Crippen molar-refractivity contribution in [3.63, 3.8) is 0 Å². The van der Waals surface area contributed by atoms with Crippen molar-refractivity contribution in [2.75, 3.05) is 6.61 Å². The molecule has 0 saturated heterocycles. The summed E-state index contributed by atoms with van der Waals surface area (Å²) < 4.78 is 5.28. The van der Waals surface area contributed by atoms with E-state index in [1.54, 1.807) is 0 Å². The molecule has 0 atom stereocenters. The number of nitrogens with two attached hydrogens (primary N) is 1. The average Bonchev–Trinajstić information content (AvgIpc) is 2.46. The predicted octanol–water partition coefficient (Wildman–Crippen LogP) is 0.546. The van der Waals surface area contributed by atoms with Crippen LogP contribution in [0.1, 0.15) is 17.0 Å². The van der Waals surface area contributed by atoms with Crippen LogP contribution >= 0.6 is 0 Å². The van der Waals surface area contributed by atoms with Crippen molar-refractivity contribution in [3.05, 3.63) is 23.0 Å². The molecule has 2 heterocycles. The molecule has 0 saturated carbocycles. The summed E-state index contributed by atoms with van der Waals surface area (Å²) in [4.78, 5) is 3.23. The Kier molecular flexibility index (Phi) is 1.68. The van der Waals surface area contributed by atoms with Crippen LogP contribution in [0.25, 0.3) is 0 Å². The van der Waals surface area contributed by atoms with Crippen molar-refractivity contribution < 1.29 is 4.74 Å². The second-order valence-corrected chi connectivity index (χ2v) is 2.81. The first kappa shape index (κ1) is 6.88. The molecule has 0 bridgehead atoms. The average molecular weight is 152 g/mol. The highest BCUT2D eigenvalue weighted by Crippen LogP contribution is 2.16. The lowest BCUT2D eigenvalue weighted by Crippen LogP contribution is -2.07. The van der Waals surface area contributed by atoms with Gasteiger partial charge in [0, 0.05) is 17.9 Å². The van der Waals surface area contributed by atoms with Gasteiger partial charge in [0.25, 0.3) is 0 Å². The fraction of sp³-hybridized carbons (Fsp3) is 0.500. The van der Waals surface area contributed by atoms with Crippen molar-refractivity contribution in [1.82, 2.24) is 4.98 Å². The Hall–Kier alpha value is -0.800. The van der Waals surface area contributed by atoms with Gasteiger partial charge in [-0.1, -0.05) is 0 Å². The SMILES string of the molecule is NCc1cc2c([nH]1)COCC2.